The molecule has 0 aliphatic rings. The molecule has 0 aromatic carbocycles. The Morgan fingerprint density at radius 3 is 2.42 bits per heavy atom. The van der Waals surface area contributed by atoms with Crippen molar-refractivity contribution in [3.63, 3.8) is 0 Å². The molecule has 5 nitrogen and oxygen atoms in total. The minimum absolute atomic E-state index is 0.433. The average molecular weight is 286 g/mol. The molecule has 0 bridgehead atoms. The summed E-state index contributed by atoms with van der Waals surface area (Å²) in [5.74, 6) is -3.27. The van der Waals surface area contributed by atoms with E-state index in [9.17, 15) is 26.7 Å². The lowest BCUT2D eigenvalue weighted by atomic mass is 10.1. The van der Waals surface area contributed by atoms with Crippen molar-refractivity contribution in [2.75, 3.05) is 0 Å². The van der Waals surface area contributed by atoms with E-state index in [1.165, 1.54) is 0 Å². The van der Waals surface area contributed by atoms with Gasteiger partial charge in [0.1, 0.15) is 11.3 Å². The Bertz CT molecular complexity index is 489. The third-order valence-corrected chi connectivity index (χ3v) is 1.96. The van der Waals surface area contributed by atoms with Gasteiger partial charge in [0.15, 0.2) is 0 Å². The number of aromatic carboxylic acids is 1. The predicted molar refractivity (Wildman–Crippen MR) is 50.7 cm³/mol. The predicted octanol–water partition coefficient (Wildman–Crippen LogP) is 2.07. The number of carboxylic acid groups (broad SMARTS) is 1. The maximum absolute atomic E-state index is 12.4. The zero-order chi connectivity index (χ0) is 14.8. The molecular weight excluding hydrogens is 279 g/mol. The number of ether oxygens (including phenoxy) is 1. The third-order valence-electron chi connectivity index (χ3n) is 1.96. The van der Waals surface area contributed by atoms with E-state index in [-0.39, 0.29) is 0 Å². The van der Waals surface area contributed by atoms with Gasteiger partial charge in [0, 0.05) is 6.54 Å². The van der Waals surface area contributed by atoms with Gasteiger partial charge in [-0.05, 0) is 11.6 Å². The topological polar surface area (TPSA) is 85.4 Å². The highest BCUT2D eigenvalue weighted by atomic mass is 19.4. The molecular formula is C9H7F5N2O3. The summed E-state index contributed by atoms with van der Waals surface area (Å²) in [7, 11) is 0. The van der Waals surface area contributed by atoms with E-state index in [1.54, 1.807) is 0 Å². The molecule has 0 aliphatic carbocycles. The Hall–Kier alpha value is -1.97. The summed E-state index contributed by atoms with van der Waals surface area (Å²) < 4.78 is 64.5. The molecule has 1 rings (SSSR count). The summed E-state index contributed by atoms with van der Waals surface area (Å²) in [6.07, 6.45) is -8.45. The van der Waals surface area contributed by atoms with Gasteiger partial charge in [0.05, 0.1) is 0 Å². The summed E-state index contributed by atoms with van der Waals surface area (Å²) in [5, 5.41) is 8.77. The molecule has 0 atom stereocenters. The van der Waals surface area contributed by atoms with Crippen molar-refractivity contribution in [2.24, 2.45) is 5.73 Å². The fourth-order valence-electron chi connectivity index (χ4n) is 1.28. The number of rotatable bonds is 4. The zero-order valence-electron chi connectivity index (χ0n) is 9.04. The van der Waals surface area contributed by atoms with Crippen molar-refractivity contribution in [3.8, 4) is 5.88 Å². The van der Waals surface area contributed by atoms with E-state index in [4.69, 9.17) is 10.8 Å². The first-order valence-electron chi connectivity index (χ1n) is 4.66. The van der Waals surface area contributed by atoms with Crippen molar-refractivity contribution in [1.82, 2.24) is 4.98 Å². The fourth-order valence-corrected chi connectivity index (χ4v) is 1.28. The standard InChI is InChI=1S/C9H7F5N2O3/c10-6(11)4-1-3(2-15)5(8(17)18)7(16-4)19-9(12,13)14/h1,6H,2,15H2,(H,17,18). The van der Waals surface area contributed by atoms with Gasteiger partial charge in [-0.2, -0.15) is 0 Å². The SMILES string of the molecule is NCc1cc(C(F)F)nc(OC(F)(F)F)c1C(=O)O. The number of nitrogens with zero attached hydrogens (tertiary/aromatic N) is 1. The van der Waals surface area contributed by atoms with Crippen LogP contribution in [0.15, 0.2) is 6.07 Å². The largest absolute Gasteiger partial charge is 0.574 e. The smallest absolute Gasteiger partial charge is 0.477 e. The highest BCUT2D eigenvalue weighted by Crippen LogP contribution is 2.30. The van der Waals surface area contributed by atoms with Crippen LogP contribution in [-0.4, -0.2) is 22.4 Å². The summed E-state index contributed by atoms with van der Waals surface area (Å²) >= 11 is 0. The number of pyridine rings is 1. The van der Waals surface area contributed by atoms with Gasteiger partial charge in [-0.25, -0.2) is 18.6 Å². The van der Waals surface area contributed by atoms with Crippen LogP contribution in [0.5, 0.6) is 5.88 Å². The van der Waals surface area contributed by atoms with E-state index >= 15 is 0 Å². The van der Waals surface area contributed by atoms with Crippen LogP contribution >= 0.6 is 0 Å². The quantitative estimate of drug-likeness (QED) is 0.828. The summed E-state index contributed by atoms with van der Waals surface area (Å²) in [4.78, 5) is 13.7. The summed E-state index contributed by atoms with van der Waals surface area (Å²) in [6.45, 7) is -0.557. The second kappa shape index (κ2) is 5.34. The van der Waals surface area contributed by atoms with Crippen molar-refractivity contribution in [2.45, 2.75) is 19.3 Å². The first-order chi connectivity index (χ1) is 8.65. The Balaban J connectivity index is 3.45. The van der Waals surface area contributed by atoms with Crippen LogP contribution in [0, 0.1) is 0 Å². The van der Waals surface area contributed by atoms with Crippen molar-refractivity contribution < 1.29 is 36.6 Å². The van der Waals surface area contributed by atoms with Crippen LogP contribution < -0.4 is 10.5 Å². The number of hydrogen-bond acceptors (Lipinski definition) is 4. The Labute approximate surface area is 102 Å². The van der Waals surface area contributed by atoms with Gasteiger partial charge >= 0.3 is 12.3 Å². The highest BCUT2D eigenvalue weighted by molar-refractivity contribution is 5.92. The molecule has 1 aromatic heterocycles. The molecule has 0 saturated carbocycles. The Morgan fingerprint density at radius 2 is 2.05 bits per heavy atom. The fraction of sp³-hybridized carbons (Fsp3) is 0.333. The van der Waals surface area contributed by atoms with Gasteiger partial charge in [0.25, 0.3) is 6.43 Å². The van der Waals surface area contributed by atoms with Crippen molar-refractivity contribution in [1.29, 1.82) is 0 Å². The molecule has 3 N–H and O–H groups in total. The van der Waals surface area contributed by atoms with E-state index in [1.807, 2.05) is 0 Å². The highest BCUT2D eigenvalue weighted by Gasteiger charge is 2.35. The normalized spacial score (nSPS) is 11.7. The van der Waals surface area contributed by atoms with Crippen LogP contribution in [0.4, 0.5) is 22.0 Å². The Morgan fingerprint density at radius 1 is 1.47 bits per heavy atom. The maximum Gasteiger partial charge on any atom is 0.574 e. The molecule has 1 heterocycles. The lowest BCUT2D eigenvalue weighted by Crippen LogP contribution is -2.22. The number of carboxylic acids is 1. The van der Waals surface area contributed by atoms with Crippen LogP contribution in [0.3, 0.4) is 0 Å². The van der Waals surface area contributed by atoms with Gasteiger partial charge < -0.3 is 15.6 Å². The maximum atomic E-state index is 12.4. The molecule has 0 radical (unpaired) electrons. The van der Waals surface area contributed by atoms with E-state index in [0.717, 1.165) is 0 Å². The van der Waals surface area contributed by atoms with Crippen molar-refractivity contribution in [3.05, 3.63) is 22.9 Å². The third kappa shape index (κ3) is 3.74. The molecule has 19 heavy (non-hydrogen) atoms. The first kappa shape index (κ1) is 15.1. The van der Waals surface area contributed by atoms with Crippen LogP contribution in [0.25, 0.3) is 0 Å². The lowest BCUT2D eigenvalue weighted by Gasteiger charge is -2.14. The number of nitrogens with two attached hydrogens (primary N) is 1. The van der Waals surface area contributed by atoms with Crippen molar-refractivity contribution >= 4 is 5.97 Å². The van der Waals surface area contributed by atoms with Gasteiger partial charge in [-0.15, -0.1) is 13.2 Å². The summed E-state index contributed by atoms with van der Waals surface area (Å²) in [6, 6.07) is 0.622. The zero-order valence-corrected chi connectivity index (χ0v) is 9.04. The van der Waals surface area contributed by atoms with Crippen LogP contribution in [-0.2, 0) is 6.54 Å². The number of alkyl halides is 5. The Kier molecular flexibility index (Phi) is 4.24. The first-order valence-corrected chi connectivity index (χ1v) is 4.66. The molecule has 10 heteroatoms. The number of aromatic nitrogens is 1. The number of carbonyl (C=O) groups is 1. The molecule has 0 saturated heterocycles. The average Bonchev–Trinajstić information content (AvgIpc) is 2.24. The molecule has 0 amide bonds. The van der Waals surface area contributed by atoms with Gasteiger partial charge in [0.2, 0.25) is 5.88 Å². The van der Waals surface area contributed by atoms with Gasteiger partial charge in [-0.1, -0.05) is 0 Å². The number of halogens is 5. The minimum atomic E-state index is -5.26. The summed E-state index contributed by atoms with van der Waals surface area (Å²) in [5.41, 5.74) is 2.64. The molecule has 0 unspecified atom stereocenters. The molecule has 0 fully saturated rings. The van der Waals surface area contributed by atoms with Gasteiger partial charge in [-0.3, -0.25) is 0 Å². The van der Waals surface area contributed by atoms with E-state index < -0.39 is 48.0 Å². The molecule has 0 spiro atoms. The van der Waals surface area contributed by atoms with Crippen LogP contribution in [0.2, 0.25) is 0 Å². The van der Waals surface area contributed by atoms with Crippen LogP contribution in [0.1, 0.15) is 28.0 Å². The molecule has 1 aromatic rings. The van der Waals surface area contributed by atoms with E-state index in [0.29, 0.717) is 6.07 Å². The second-order valence-corrected chi connectivity index (χ2v) is 3.24. The van der Waals surface area contributed by atoms with E-state index in [2.05, 4.69) is 9.72 Å². The molecule has 0 aliphatic heterocycles. The number of hydrogen-bond donors (Lipinski definition) is 2. The molecule has 106 valence electrons. The second-order valence-electron chi connectivity index (χ2n) is 3.24. The minimum Gasteiger partial charge on any atom is -0.477 e. The monoisotopic (exact) mass is 286 g/mol. The lowest BCUT2D eigenvalue weighted by molar-refractivity contribution is -0.276.